The first-order chi connectivity index (χ1) is 8.72. The van der Waals surface area contributed by atoms with Crippen molar-refractivity contribution in [1.29, 1.82) is 0 Å². The summed E-state index contributed by atoms with van der Waals surface area (Å²) < 4.78 is 0. The maximum Gasteiger partial charge on any atom is 0.116 e. The summed E-state index contributed by atoms with van der Waals surface area (Å²) in [6.07, 6.45) is 3.40. The molecular weight excluding hydrogens is 246 g/mol. The fourth-order valence-electron chi connectivity index (χ4n) is 1.98. The number of phenols is 1. The fourth-order valence-corrected chi connectivity index (χ4v) is 2.16. The quantitative estimate of drug-likeness (QED) is 0.705. The Kier molecular flexibility index (Phi) is 2.65. The Morgan fingerprint density at radius 3 is 2.44 bits per heavy atom. The lowest BCUT2D eigenvalue weighted by Crippen LogP contribution is -1.81. The number of phenolic OH excluding ortho intramolecular Hbond substituents is 1. The first-order valence-electron chi connectivity index (χ1n) is 5.56. The topological polar surface area (TPSA) is 33.1 Å². The van der Waals surface area contributed by atoms with Crippen LogP contribution in [0.3, 0.4) is 0 Å². The van der Waals surface area contributed by atoms with E-state index in [0.29, 0.717) is 5.02 Å². The number of aromatic nitrogens is 1. The van der Waals surface area contributed by atoms with Crippen LogP contribution in [-0.2, 0) is 0 Å². The number of pyridine rings is 1. The summed E-state index contributed by atoms with van der Waals surface area (Å²) >= 11 is 5.94. The van der Waals surface area contributed by atoms with E-state index >= 15 is 0 Å². The lowest BCUT2D eigenvalue weighted by Gasteiger charge is -2.04. The molecule has 0 fully saturated rings. The van der Waals surface area contributed by atoms with Crippen LogP contribution >= 0.6 is 11.6 Å². The molecule has 0 amide bonds. The van der Waals surface area contributed by atoms with Crippen LogP contribution in [0, 0.1) is 0 Å². The minimum atomic E-state index is 0.277. The second kappa shape index (κ2) is 4.31. The van der Waals surface area contributed by atoms with Gasteiger partial charge >= 0.3 is 0 Å². The molecule has 0 aliphatic carbocycles. The van der Waals surface area contributed by atoms with Crippen LogP contribution in [-0.4, -0.2) is 10.1 Å². The monoisotopic (exact) mass is 255 g/mol. The summed E-state index contributed by atoms with van der Waals surface area (Å²) in [5, 5.41) is 12.1. The second-order valence-electron chi connectivity index (χ2n) is 4.14. The molecule has 18 heavy (non-hydrogen) atoms. The molecule has 3 aromatic rings. The number of fused-ring (bicyclic) bond motifs is 1. The van der Waals surface area contributed by atoms with Gasteiger partial charge in [-0.2, -0.15) is 0 Å². The van der Waals surface area contributed by atoms with Gasteiger partial charge in [0.15, 0.2) is 0 Å². The third-order valence-corrected chi connectivity index (χ3v) is 3.07. The lowest BCUT2D eigenvalue weighted by atomic mass is 10.0. The highest BCUT2D eigenvalue weighted by molar-refractivity contribution is 6.30. The number of nitrogens with zero attached hydrogens (tertiary/aromatic N) is 1. The average molecular weight is 256 g/mol. The average Bonchev–Trinajstić information content (AvgIpc) is 2.38. The van der Waals surface area contributed by atoms with Gasteiger partial charge in [-0.15, -0.1) is 0 Å². The van der Waals surface area contributed by atoms with E-state index in [1.807, 2.05) is 24.3 Å². The zero-order chi connectivity index (χ0) is 12.5. The van der Waals surface area contributed by atoms with Gasteiger partial charge in [0.05, 0.1) is 5.02 Å². The third kappa shape index (κ3) is 2.03. The molecule has 0 saturated carbocycles. The zero-order valence-electron chi connectivity index (χ0n) is 9.47. The van der Waals surface area contributed by atoms with Crippen LogP contribution in [0.2, 0.25) is 5.02 Å². The van der Waals surface area contributed by atoms with E-state index in [1.54, 1.807) is 24.5 Å². The first-order valence-corrected chi connectivity index (χ1v) is 5.94. The standard InChI is InChI=1S/C15H10ClNO/c16-14-6-13(8-17-9-14)11-1-2-12-7-15(18)4-3-10(12)5-11/h1-9,18H. The molecule has 3 rings (SSSR count). The van der Waals surface area contributed by atoms with Crippen molar-refractivity contribution in [3.63, 3.8) is 0 Å². The predicted molar refractivity (Wildman–Crippen MR) is 73.9 cm³/mol. The molecule has 0 aliphatic heterocycles. The molecule has 1 heterocycles. The molecule has 88 valence electrons. The zero-order valence-corrected chi connectivity index (χ0v) is 10.2. The highest BCUT2D eigenvalue weighted by atomic mass is 35.5. The minimum absolute atomic E-state index is 0.277. The predicted octanol–water partition coefficient (Wildman–Crippen LogP) is 4.26. The molecule has 0 atom stereocenters. The van der Waals surface area contributed by atoms with Gasteiger partial charge in [-0.3, -0.25) is 4.98 Å². The van der Waals surface area contributed by atoms with Gasteiger partial charge in [0.25, 0.3) is 0 Å². The minimum Gasteiger partial charge on any atom is -0.508 e. The van der Waals surface area contributed by atoms with Crippen molar-refractivity contribution in [2.45, 2.75) is 0 Å². The van der Waals surface area contributed by atoms with E-state index in [-0.39, 0.29) is 5.75 Å². The Balaban J connectivity index is 2.16. The largest absolute Gasteiger partial charge is 0.508 e. The summed E-state index contributed by atoms with van der Waals surface area (Å²) in [4.78, 5) is 4.08. The van der Waals surface area contributed by atoms with Crippen molar-refractivity contribution in [1.82, 2.24) is 4.98 Å². The molecule has 0 bridgehead atoms. The van der Waals surface area contributed by atoms with Gasteiger partial charge in [0, 0.05) is 18.0 Å². The van der Waals surface area contributed by atoms with Gasteiger partial charge < -0.3 is 5.11 Å². The number of rotatable bonds is 1. The molecule has 2 aromatic carbocycles. The SMILES string of the molecule is Oc1ccc2cc(-c3cncc(Cl)c3)ccc2c1. The van der Waals surface area contributed by atoms with Crippen LogP contribution in [0.4, 0.5) is 0 Å². The first kappa shape index (κ1) is 11.1. The summed E-state index contributed by atoms with van der Waals surface area (Å²) in [6, 6.07) is 13.2. The fraction of sp³-hybridized carbons (Fsp3) is 0. The van der Waals surface area contributed by atoms with E-state index in [4.69, 9.17) is 11.6 Å². The van der Waals surface area contributed by atoms with Crippen LogP contribution in [0.1, 0.15) is 0 Å². The van der Waals surface area contributed by atoms with Crippen LogP contribution in [0.25, 0.3) is 21.9 Å². The Hall–Kier alpha value is -2.06. The smallest absolute Gasteiger partial charge is 0.116 e. The van der Waals surface area contributed by atoms with E-state index in [1.165, 1.54) is 0 Å². The van der Waals surface area contributed by atoms with E-state index < -0.39 is 0 Å². The van der Waals surface area contributed by atoms with Crippen LogP contribution < -0.4 is 0 Å². The van der Waals surface area contributed by atoms with Gasteiger partial charge in [-0.05, 0) is 40.6 Å². The Labute approximate surface area is 109 Å². The maximum absolute atomic E-state index is 9.43. The Morgan fingerprint density at radius 2 is 1.61 bits per heavy atom. The molecule has 2 nitrogen and oxygen atoms in total. The van der Waals surface area contributed by atoms with Gasteiger partial charge in [-0.25, -0.2) is 0 Å². The summed E-state index contributed by atoms with van der Waals surface area (Å²) in [5.41, 5.74) is 2.04. The molecule has 0 aliphatic rings. The number of hydrogen-bond acceptors (Lipinski definition) is 2. The van der Waals surface area contributed by atoms with Crippen molar-refractivity contribution in [2.75, 3.05) is 0 Å². The van der Waals surface area contributed by atoms with E-state index in [9.17, 15) is 5.11 Å². The molecule has 0 radical (unpaired) electrons. The summed E-state index contributed by atoms with van der Waals surface area (Å²) in [7, 11) is 0. The van der Waals surface area contributed by atoms with Crippen LogP contribution in [0.15, 0.2) is 54.9 Å². The highest BCUT2D eigenvalue weighted by Crippen LogP contribution is 2.27. The molecule has 0 spiro atoms. The van der Waals surface area contributed by atoms with Crippen molar-refractivity contribution in [3.05, 3.63) is 59.9 Å². The number of aromatic hydroxyl groups is 1. The summed E-state index contributed by atoms with van der Waals surface area (Å²) in [5.74, 6) is 0.277. The highest BCUT2D eigenvalue weighted by Gasteiger charge is 2.01. The number of benzene rings is 2. The van der Waals surface area contributed by atoms with Gasteiger partial charge in [-0.1, -0.05) is 29.8 Å². The third-order valence-electron chi connectivity index (χ3n) is 2.86. The molecule has 3 heteroatoms. The van der Waals surface area contributed by atoms with Crippen molar-refractivity contribution >= 4 is 22.4 Å². The number of halogens is 1. The lowest BCUT2D eigenvalue weighted by molar-refractivity contribution is 0.476. The molecular formula is C15H10ClNO. The molecule has 1 N–H and O–H groups in total. The van der Waals surface area contributed by atoms with E-state index in [0.717, 1.165) is 21.9 Å². The molecule has 0 saturated heterocycles. The van der Waals surface area contributed by atoms with Gasteiger partial charge in [0.2, 0.25) is 0 Å². The maximum atomic E-state index is 9.43. The Morgan fingerprint density at radius 1 is 0.833 bits per heavy atom. The van der Waals surface area contributed by atoms with E-state index in [2.05, 4.69) is 11.1 Å². The number of hydrogen-bond donors (Lipinski definition) is 1. The van der Waals surface area contributed by atoms with Crippen molar-refractivity contribution in [3.8, 4) is 16.9 Å². The van der Waals surface area contributed by atoms with Crippen molar-refractivity contribution in [2.24, 2.45) is 0 Å². The molecule has 1 aromatic heterocycles. The normalized spacial score (nSPS) is 10.7. The Bertz CT molecular complexity index is 725. The van der Waals surface area contributed by atoms with Crippen molar-refractivity contribution < 1.29 is 5.11 Å². The van der Waals surface area contributed by atoms with Gasteiger partial charge in [0.1, 0.15) is 5.75 Å². The van der Waals surface area contributed by atoms with Crippen LogP contribution in [0.5, 0.6) is 5.75 Å². The summed E-state index contributed by atoms with van der Waals surface area (Å²) in [6.45, 7) is 0. The molecule has 0 unspecified atom stereocenters. The second-order valence-corrected chi connectivity index (χ2v) is 4.57.